The molecule has 0 bridgehead atoms. The van der Waals surface area contributed by atoms with Crippen molar-refractivity contribution in [1.82, 2.24) is 15.0 Å². The molecule has 0 radical (unpaired) electrons. The van der Waals surface area contributed by atoms with Gasteiger partial charge in [-0.25, -0.2) is 0 Å². The monoisotopic (exact) mass is 441 g/mol. The van der Waals surface area contributed by atoms with E-state index in [-0.39, 0.29) is 41.6 Å². The van der Waals surface area contributed by atoms with Gasteiger partial charge in [-0.2, -0.15) is 4.98 Å². The summed E-state index contributed by atoms with van der Waals surface area (Å²) in [4.78, 5) is 12.0. The fourth-order valence-electron chi connectivity index (χ4n) is 2.83. The van der Waals surface area contributed by atoms with Crippen LogP contribution in [-0.4, -0.2) is 69.1 Å². The fourth-order valence-corrected chi connectivity index (χ4v) is 3.93. The van der Waals surface area contributed by atoms with Crippen LogP contribution in [0, 0.1) is 6.92 Å². The van der Waals surface area contributed by atoms with Gasteiger partial charge in [0.2, 0.25) is 0 Å². The number of hydrogen-bond acceptors (Lipinski definition) is 6. The standard InChI is InChI=1S/C21H27N3O4S.Na.H/c1-5-6-11-27-15(3)28-20-9-10-22-19(14(20)2)13-29(25)21-23-17-8-7-16(26-4)12-18(17)24-21;;/h7-10,12,15H,5-6,11,13H2,1-4H3,(H,23,24);;. The summed E-state index contributed by atoms with van der Waals surface area (Å²) in [5, 5.41) is 0.414. The van der Waals surface area contributed by atoms with Crippen LogP contribution in [0.2, 0.25) is 0 Å². The fraction of sp³-hybridized carbons (Fsp3) is 0.429. The Morgan fingerprint density at radius 3 is 2.80 bits per heavy atom. The number of unbranched alkanes of at least 4 members (excludes halogenated alkanes) is 1. The maximum atomic E-state index is 12.9. The number of ether oxygens (including phenoxy) is 3. The molecule has 0 aliphatic heterocycles. The number of aromatic nitrogens is 3. The number of pyridine rings is 1. The van der Waals surface area contributed by atoms with E-state index >= 15 is 0 Å². The van der Waals surface area contributed by atoms with Crippen molar-refractivity contribution in [3.8, 4) is 11.5 Å². The number of nitrogens with one attached hydrogen (secondary N) is 1. The predicted molar refractivity (Wildman–Crippen MR) is 120 cm³/mol. The Hall–Kier alpha value is -1.29. The summed E-state index contributed by atoms with van der Waals surface area (Å²) >= 11 is -1.37. The second-order valence-corrected chi connectivity index (χ2v) is 8.07. The molecule has 30 heavy (non-hydrogen) atoms. The molecular weight excluding hydrogens is 413 g/mol. The first-order valence-electron chi connectivity index (χ1n) is 9.66. The maximum absolute atomic E-state index is 12.9. The van der Waals surface area contributed by atoms with Gasteiger partial charge in [0.25, 0.3) is 0 Å². The van der Waals surface area contributed by atoms with Gasteiger partial charge in [-0.1, -0.05) is 13.3 Å². The van der Waals surface area contributed by atoms with E-state index in [2.05, 4.69) is 21.9 Å². The number of fused-ring (bicyclic) bond motifs is 1. The Morgan fingerprint density at radius 1 is 1.27 bits per heavy atom. The predicted octanol–water partition coefficient (Wildman–Crippen LogP) is 3.48. The Bertz CT molecular complexity index is 953. The first kappa shape index (κ1) is 25.0. The number of hydrogen-bond donors (Lipinski definition) is 1. The van der Waals surface area contributed by atoms with E-state index in [0.29, 0.717) is 34.5 Å². The minimum atomic E-state index is -1.37. The van der Waals surface area contributed by atoms with Gasteiger partial charge in [-0.15, -0.1) is 0 Å². The van der Waals surface area contributed by atoms with E-state index in [4.69, 9.17) is 14.2 Å². The van der Waals surface area contributed by atoms with Gasteiger partial charge in [0, 0.05) is 29.0 Å². The van der Waals surface area contributed by atoms with Gasteiger partial charge in [0.1, 0.15) is 11.5 Å². The average molecular weight is 442 g/mol. The molecule has 7 nitrogen and oxygen atoms in total. The molecule has 9 heteroatoms. The Kier molecular flexibility index (Phi) is 9.93. The van der Waals surface area contributed by atoms with Crippen molar-refractivity contribution in [2.24, 2.45) is 0 Å². The Balaban J connectivity index is 0.00000320. The van der Waals surface area contributed by atoms with Crippen molar-refractivity contribution < 1.29 is 18.8 Å². The molecular formula is C21H28N3NaO4S. The molecule has 0 fully saturated rings. The topological polar surface area (TPSA) is 92.3 Å². The van der Waals surface area contributed by atoms with E-state index in [9.17, 15) is 4.55 Å². The van der Waals surface area contributed by atoms with Gasteiger partial charge in [-0.05, 0) is 38.5 Å². The van der Waals surface area contributed by atoms with E-state index in [1.54, 1.807) is 19.4 Å². The first-order valence-corrected chi connectivity index (χ1v) is 11.0. The van der Waals surface area contributed by atoms with Crippen molar-refractivity contribution in [2.45, 2.75) is 50.8 Å². The van der Waals surface area contributed by atoms with Crippen molar-refractivity contribution >= 4 is 51.8 Å². The van der Waals surface area contributed by atoms with Crippen LogP contribution in [0.3, 0.4) is 0 Å². The summed E-state index contributed by atoms with van der Waals surface area (Å²) in [6.45, 7) is 6.56. The zero-order chi connectivity index (χ0) is 20.8. The van der Waals surface area contributed by atoms with Gasteiger partial charge >= 0.3 is 34.7 Å². The zero-order valence-corrected chi connectivity index (χ0v) is 18.0. The van der Waals surface area contributed by atoms with Crippen LogP contribution in [0.15, 0.2) is 35.6 Å². The molecule has 3 rings (SSSR count). The molecule has 2 aromatic heterocycles. The molecule has 3 aromatic rings. The third-order valence-electron chi connectivity index (χ3n) is 4.55. The van der Waals surface area contributed by atoms with E-state index in [1.165, 1.54) is 0 Å². The summed E-state index contributed by atoms with van der Waals surface area (Å²) in [5.74, 6) is 1.63. The van der Waals surface area contributed by atoms with Gasteiger partial charge in [0.15, 0.2) is 12.0 Å². The summed E-state index contributed by atoms with van der Waals surface area (Å²) in [6, 6.07) is 7.31. The SMILES string of the molecule is CCCCOC(C)Oc1ccnc(C[S+]([O-])c2nc3cc(OC)ccc3[nH]2)c1C.[NaH]. The Morgan fingerprint density at radius 2 is 2.07 bits per heavy atom. The van der Waals surface area contributed by atoms with Gasteiger partial charge in [-0.3, -0.25) is 9.97 Å². The van der Waals surface area contributed by atoms with Gasteiger partial charge in [0.05, 0.1) is 30.4 Å². The molecule has 2 heterocycles. The molecule has 2 atom stereocenters. The molecule has 1 N–H and O–H groups in total. The summed E-state index contributed by atoms with van der Waals surface area (Å²) in [6.07, 6.45) is 3.38. The molecule has 2 unspecified atom stereocenters. The minimum absolute atomic E-state index is 0. The van der Waals surface area contributed by atoms with Gasteiger partial charge < -0.3 is 18.8 Å². The van der Waals surface area contributed by atoms with Crippen molar-refractivity contribution in [3.05, 3.63) is 41.7 Å². The first-order chi connectivity index (χ1) is 14.0. The summed E-state index contributed by atoms with van der Waals surface area (Å²) in [5.41, 5.74) is 3.09. The number of aromatic amines is 1. The zero-order valence-electron chi connectivity index (χ0n) is 17.2. The molecule has 158 valence electrons. The van der Waals surface area contributed by atoms with Crippen LogP contribution in [0.1, 0.15) is 37.9 Å². The van der Waals surface area contributed by atoms with Crippen LogP contribution in [-0.2, 0) is 21.7 Å². The molecule has 0 aliphatic rings. The Labute approximate surface area is 202 Å². The molecule has 0 spiro atoms. The molecule has 0 amide bonds. The normalized spacial score (nSPS) is 13.0. The number of nitrogens with zero attached hydrogens (tertiary/aromatic N) is 2. The number of rotatable bonds is 10. The second kappa shape index (κ2) is 11.9. The molecule has 0 saturated heterocycles. The van der Waals surface area contributed by atoms with E-state index in [0.717, 1.165) is 23.9 Å². The number of methoxy groups -OCH3 is 1. The second-order valence-electron chi connectivity index (χ2n) is 6.71. The number of benzene rings is 1. The van der Waals surface area contributed by atoms with Crippen LogP contribution < -0.4 is 9.47 Å². The van der Waals surface area contributed by atoms with Crippen molar-refractivity contribution in [2.75, 3.05) is 13.7 Å². The van der Waals surface area contributed by atoms with Crippen LogP contribution in [0.4, 0.5) is 0 Å². The quantitative estimate of drug-likeness (QED) is 0.224. The summed E-state index contributed by atoms with van der Waals surface area (Å²) in [7, 11) is 1.60. The van der Waals surface area contributed by atoms with Crippen LogP contribution >= 0.6 is 0 Å². The van der Waals surface area contributed by atoms with Crippen molar-refractivity contribution in [3.63, 3.8) is 0 Å². The van der Waals surface area contributed by atoms with E-state index < -0.39 is 11.2 Å². The van der Waals surface area contributed by atoms with Crippen molar-refractivity contribution in [1.29, 1.82) is 0 Å². The van der Waals surface area contributed by atoms with Crippen LogP contribution in [0.25, 0.3) is 11.0 Å². The third kappa shape index (κ3) is 6.35. The third-order valence-corrected chi connectivity index (χ3v) is 5.71. The van der Waals surface area contributed by atoms with E-state index in [1.807, 2.05) is 32.0 Å². The molecule has 0 saturated carbocycles. The summed E-state index contributed by atoms with van der Waals surface area (Å²) < 4.78 is 29.6. The number of imidazole rings is 1. The average Bonchev–Trinajstić information content (AvgIpc) is 3.14. The number of H-pyrrole nitrogens is 1. The molecule has 0 aliphatic carbocycles. The van der Waals surface area contributed by atoms with Crippen LogP contribution in [0.5, 0.6) is 11.5 Å². The molecule has 1 aromatic carbocycles.